The summed E-state index contributed by atoms with van der Waals surface area (Å²) in [6.45, 7) is 5.62. The minimum Gasteiger partial charge on any atom is -0.497 e. The zero-order valence-electron chi connectivity index (χ0n) is 21.2. The molecular weight excluding hydrogens is 466 g/mol. The molecule has 1 fully saturated rings. The van der Waals surface area contributed by atoms with Crippen molar-refractivity contribution in [3.63, 3.8) is 0 Å². The van der Waals surface area contributed by atoms with Crippen LogP contribution in [0.5, 0.6) is 5.75 Å². The molecule has 0 radical (unpaired) electrons. The van der Waals surface area contributed by atoms with Crippen LogP contribution in [-0.4, -0.2) is 47.7 Å². The maximum absolute atomic E-state index is 13.0. The van der Waals surface area contributed by atoms with Gasteiger partial charge in [-0.05, 0) is 85.4 Å². The fraction of sp³-hybridized carbons (Fsp3) is 0.300. The van der Waals surface area contributed by atoms with E-state index in [-0.39, 0.29) is 23.9 Å². The molecule has 37 heavy (non-hydrogen) atoms. The van der Waals surface area contributed by atoms with E-state index in [4.69, 9.17) is 4.74 Å². The van der Waals surface area contributed by atoms with Crippen LogP contribution in [0, 0.1) is 5.92 Å². The number of ether oxygens (including phenoxy) is 1. The molecule has 3 aromatic rings. The van der Waals surface area contributed by atoms with Crippen LogP contribution in [-0.2, 0) is 13.1 Å². The zero-order chi connectivity index (χ0) is 25.9. The van der Waals surface area contributed by atoms with Crippen LogP contribution >= 0.6 is 0 Å². The van der Waals surface area contributed by atoms with E-state index in [1.807, 2.05) is 36.4 Å². The van der Waals surface area contributed by atoms with Crippen LogP contribution in [0.2, 0.25) is 0 Å². The minimum absolute atomic E-state index is 0.153. The van der Waals surface area contributed by atoms with Gasteiger partial charge in [0.05, 0.1) is 24.8 Å². The molecule has 7 nitrogen and oxygen atoms in total. The number of carbonyl (C=O) groups excluding carboxylic acids is 3. The number of fused-ring (bicyclic) bond motifs is 1. The molecular formula is C30H31N3O4. The van der Waals surface area contributed by atoms with Gasteiger partial charge < -0.3 is 10.1 Å². The summed E-state index contributed by atoms with van der Waals surface area (Å²) in [6, 6.07) is 19.7. The summed E-state index contributed by atoms with van der Waals surface area (Å²) in [5.74, 6) is 0.420. The van der Waals surface area contributed by atoms with Gasteiger partial charge in [-0.3, -0.25) is 24.2 Å². The Bertz CT molecular complexity index is 1310. The van der Waals surface area contributed by atoms with Gasteiger partial charge in [-0.1, -0.05) is 31.2 Å². The lowest BCUT2D eigenvalue weighted by Crippen LogP contribution is -2.32. The number of anilines is 1. The molecule has 7 heteroatoms. The molecule has 190 valence electrons. The molecule has 1 saturated heterocycles. The number of imide groups is 1. The molecule has 3 aromatic carbocycles. The minimum atomic E-state index is -0.401. The predicted octanol–water partition coefficient (Wildman–Crippen LogP) is 4.98. The topological polar surface area (TPSA) is 79.0 Å². The maximum atomic E-state index is 13.0. The molecule has 0 unspecified atom stereocenters. The number of carbonyl (C=O) groups is 3. The number of benzene rings is 3. The number of nitrogens with one attached hydrogen (secondary N) is 1. The van der Waals surface area contributed by atoms with Crippen molar-refractivity contribution in [1.82, 2.24) is 9.80 Å². The van der Waals surface area contributed by atoms with Crippen molar-refractivity contribution in [2.75, 3.05) is 25.5 Å². The second kappa shape index (κ2) is 10.6. The van der Waals surface area contributed by atoms with Crippen LogP contribution in [0.4, 0.5) is 5.69 Å². The fourth-order valence-electron chi connectivity index (χ4n) is 4.86. The maximum Gasteiger partial charge on any atom is 0.261 e. The van der Waals surface area contributed by atoms with Gasteiger partial charge in [0.2, 0.25) is 0 Å². The van der Waals surface area contributed by atoms with Crippen LogP contribution in [0.3, 0.4) is 0 Å². The Hall–Kier alpha value is -3.97. The summed E-state index contributed by atoms with van der Waals surface area (Å²) in [7, 11) is 1.58. The molecule has 5 rings (SSSR count). The van der Waals surface area contributed by atoms with E-state index < -0.39 is 5.91 Å². The molecule has 2 aliphatic rings. The monoisotopic (exact) mass is 497 g/mol. The van der Waals surface area contributed by atoms with E-state index in [1.165, 1.54) is 29.4 Å². The Balaban J connectivity index is 1.23. The first kappa shape index (κ1) is 24.7. The van der Waals surface area contributed by atoms with Crippen LogP contribution < -0.4 is 10.1 Å². The van der Waals surface area contributed by atoms with Crippen molar-refractivity contribution in [1.29, 1.82) is 0 Å². The average Bonchev–Trinajstić information content (AvgIpc) is 3.15. The molecule has 0 aromatic heterocycles. The number of piperidine rings is 1. The molecule has 1 N–H and O–H groups in total. The Morgan fingerprint density at radius 1 is 0.865 bits per heavy atom. The summed E-state index contributed by atoms with van der Waals surface area (Å²) >= 11 is 0. The summed E-state index contributed by atoms with van der Waals surface area (Å²) in [6.07, 6.45) is 2.48. The number of amides is 3. The van der Waals surface area contributed by atoms with Gasteiger partial charge in [0.25, 0.3) is 17.7 Å². The molecule has 0 bridgehead atoms. The number of rotatable bonds is 7. The number of hydrogen-bond donors (Lipinski definition) is 1. The Labute approximate surface area is 217 Å². The zero-order valence-corrected chi connectivity index (χ0v) is 21.2. The van der Waals surface area contributed by atoms with Crippen LogP contribution in [0.25, 0.3) is 0 Å². The van der Waals surface area contributed by atoms with Crippen LogP contribution in [0.15, 0.2) is 66.7 Å². The highest BCUT2D eigenvalue weighted by Gasteiger charge is 2.36. The van der Waals surface area contributed by atoms with E-state index in [0.29, 0.717) is 22.6 Å². The third-order valence-electron chi connectivity index (χ3n) is 7.23. The second-order valence-corrected chi connectivity index (χ2v) is 9.91. The molecule has 2 aliphatic heterocycles. The normalized spacial score (nSPS) is 16.1. The van der Waals surface area contributed by atoms with Gasteiger partial charge in [-0.15, -0.1) is 0 Å². The lowest BCUT2D eigenvalue weighted by atomic mass is 9.99. The van der Waals surface area contributed by atoms with Gasteiger partial charge in [0, 0.05) is 17.8 Å². The molecule has 3 amide bonds. The predicted molar refractivity (Wildman–Crippen MR) is 142 cm³/mol. The van der Waals surface area contributed by atoms with Gasteiger partial charge in [-0.2, -0.15) is 0 Å². The van der Waals surface area contributed by atoms with E-state index in [9.17, 15) is 14.4 Å². The van der Waals surface area contributed by atoms with E-state index >= 15 is 0 Å². The quantitative estimate of drug-likeness (QED) is 0.466. The molecule has 0 spiro atoms. The number of likely N-dealkylation sites (tertiary alicyclic amines) is 1. The van der Waals surface area contributed by atoms with Crippen molar-refractivity contribution < 1.29 is 19.1 Å². The number of hydrogen-bond acceptors (Lipinski definition) is 5. The van der Waals surface area contributed by atoms with Crippen molar-refractivity contribution in [3.8, 4) is 5.75 Å². The smallest absolute Gasteiger partial charge is 0.261 e. The van der Waals surface area contributed by atoms with Crippen LogP contribution in [0.1, 0.15) is 62.0 Å². The van der Waals surface area contributed by atoms with Gasteiger partial charge in [0.15, 0.2) is 0 Å². The summed E-state index contributed by atoms with van der Waals surface area (Å²) < 4.78 is 5.16. The summed E-state index contributed by atoms with van der Waals surface area (Å²) in [5.41, 5.74) is 3.60. The van der Waals surface area contributed by atoms with E-state index in [2.05, 4.69) is 17.1 Å². The largest absolute Gasteiger partial charge is 0.497 e. The highest BCUT2D eigenvalue weighted by Crippen LogP contribution is 2.27. The van der Waals surface area contributed by atoms with Crippen molar-refractivity contribution in [2.24, 2.45) is 5.92 Å². The van der Waals surface area contributed by atoms with Crippen molar-refractivity contribution >= 4 is 23.4 Å². The highest BCUT2D eigenvalue weighted by molar-refractivity contribution is 6.22. The average molecular weight is 498 g/mol. The van der Waals surface area contributed by atoms with Gasteiger partial charge in [0.1, 0.15) is 5.75 Å². The molecule has 2 heterocycles. The number of nitrogens with zero attached hydrogens (tertiary/aromatic N) is 2. The summed E-state index contributed by atoms with van der Waals surface area (Å²) in [5, 5.41) is 2.90. The molecule has 0 saturated carbocycles. The lowest BCUT2D eigenvalue weighted by molar-refractivity contribution is 0.0642. The summed E-state index contributed by atoms with van der Waals surface area (Å²) in [4.78, 5) is 42.5. The Kier molecular flexibility index (Phi) is 7.06. The highest BCUT2D eigenvalue weighted by atomic mass is 16.5. The Morgan fingerprint density at radius 3 is 2.16 bits per heavy atom. The molecule has 0 atom stereocenters. The lowest BCUT2D eigenvalue weighted by Gasteiger charge is -2.30. The first-order valence-corrected chi connectivity index (χ1v) is 12.7. The van der Waals surface area contributed by atoms with E-state index in [0.717, 1.165) is 31.1 Å². The third-order valence-corrected chi connectivity index (χ3v) is 7.23. The molecule has 0 aliphatic carbocycles. The first-order chi connectivity index (χ1) is 17.9. The van der Waals surface area contributed by atoms with Gasteiger partial charge in [-0.25, -0.2) is 0 Å². The van der Waals surface area contributed by atoms with E-state index in [1.54, 1.807) is 31.4 Å². The Morgan fingerprint density at radius 2 is 1.49 bits per heavy atom. The van der Waals surface area contributed by atoms with Crippen molar-refractivity contribution in [2.45, 2.75) is 32.9 Å². The number of methoxy groups -OCH3 is 1. The first-order valence-electron chi connectivity index (χ1n) is 12.7. The second-order valence-electron chi connectivity index (χ2n) is 9.91. The fourth-order valence-corrected chi connectivity index (χ4v) is 4.86. The van der Waals surface area contributed by atoms with Crippen molar-refractivity contribution in [3.05, 3.63) is 94.5 Å². The third kappa shape index (κ3) is 5.42. The van der Waals surface area contributed by atoms with Gasteiger partial charge >= 0.3 is 0 Å². The standard InChI is InChI=1S/C30H31N3O4/c1-20-13-15-32(16-14-20)18-21-3-8-24(9-4-21)31-28(34)23-7-12-26-27(17-23)30(36)33(29(26)35)19-22-5-10-25(37-2)11-6-22/h3-12,17,20H,13-16,18-19H2,1-2H3,(H,31,34). The SMILES string of the molecule is COc1ccc(CN2C(=O)c3ccc(C(=O)Nc4ccc(CN5CCC(C)CC5)cc4)cc3C2=O)cc1.